The van der Waals surface area contributed by atoms with Crippen molar-refractivity contribution < 1.29 is 9.90 Å². The predicted molar refractivity (Wildman–Crippen MR) is 111 cm³/mol. The molecule has 0 fully saturated rings. The Morgan fingerprint density at radius 3 is 2.15 bits per heavy atom. The van der Waals surface area contributed by atoms with Crippen LogP contribution < -0.4 is 5.73 Å². The molecule has 1 heterocycles. The molecule has 0 atom stereocenters. The minimum Gasteiger partial charge on any atom is -0.481 e. The Morgan fingerprint density at radius 1 is 1.12 bits per heavy atom. The molecule has 0 aliphatic carbocycles. The number of aryl methyl sites for hydroxylation is 2. The number of rotatable bonds is 6. The molecule has 4 nitrogen and oxygen atoms in total. The summed E-state index contributed by atoms with van der Waals surface area (Å²) in [5.74, 6) is -0.397. The highest BCUT2D eigenvalue weighted by atomic mass is 35.5. The van der Waals surface area contributed by atoms with Gasteiger partial charge < -0.3 is 10.8 Å². The van der Waals surface area contributed by atoms with Crippen LogP contribution in [0.25, 0.3) is 11.1 Å². The second-order valence-corrected chi connectivity index (χ2v) is 6.71. The van der Waals surface area contributed by atoms with Gasteiger partial charge in [0.2, 0.25) is 0 Å². The lowest BCUT2D eigenvalue weighted by atomic mass is 9.88. The van der Waals surface area contributed by atoms with Crippen molar-refractivity contribution in [1.82, 2.24) is 4.98 Å². The number of hydrogen-bond acceptors (Lipinski definition) is 3. The average molecular weight is 399 g/mol. The van der Waals surface area contributed by atoms with Gasteiger partial charge in [-0.3, -0.25) is 9.78 Å². The minimum atomic E-state index is -0.854. The lowest BCUT2D eigenvalue weighted by Crippen LogP contribution is -2.15. The van der Waals surface area contributed by atoms with Gasteiger partial charge in [0, 0.05) is 17.9 Å². The van der Waals surface area contributed by atoms with Gasteiger partial charge in [-0.2, -0.15) is 0 Å². The molecule has 0 bridgehead atoms. The van der Waals surface area contributed by atoms with E-state index in [4.69, 9.17) is 10.7 Å². The smallest absolute Gasteiger partial charge is 0.307 e. The summed E-state index contributed by atoms with van der Waals surface area (Å²) in [6, 6.07) is 8.15. The maximum absolute atomic E-state index is 11.4. The molecule has 144 valence electrons. The summed E-state index contributed by atoms with van der Waals surface area (Å²) in [6.07, 6.45) is 0.788. The molecule has 0 amide bonds. The predicted octanol–water partition coefficient (Wildman–Crippen LogP) is 4.49. The zero-order valence-corrected chi connectivity index (χ0v) is 17.3. The van der Waals surface area contributed by atoms with Crippen LogP contribution in [0.1, 0.15) is 41.9 Å². The molecule has 0 spiro atoms. The van der Waals surface area contributed by atoms with Crippen LogP contribution in [-0.4, -0.2) is 16.1 Å². The van der Waals surface area contributed by atoms with Gasteiger partial charge in [-0.1, -0.05) is 43.7 Å². The third-order valence-corrected chi connectivity index (χ3v) is 4.17. The monoisotopic (exact) mass is 398 g/mol. The van der Waals surface area contributed by atoms with Gasteiger partial charge in [0.25, 0.3) is 0 Å². The fourth-order valence-corrected chi connectivity index (χ4v) is 3.06. The maximum Gasteiger partial charge on any atom is 0.307 e. The molecule has 0 aliphatic heterocycles. The summed E-state index contributed by atoms with van der Waals surface area (Å²) in [7, 11) is 0. The number of benzene rings is 1. The molecule has 0 saturated carbocycles. The third-order valence-electron chi connectivity index (χ3n) is 4.17. The number of carboxylic acids is 1. The van der Waals surface area contributed by atoms with E-state index in [0.717, 1.165) is 40.1 Å². The fourth-order valence-electron chi connectivity index (χ4n) is 3.06. The summed E-state index contributed by atoms with van der Waals surface area (Å²) in [4.78, 5) is 16.1. The number of aliphatic carboxylic acids is 1. The van der Waals surface area contributed by atoms with E-state index in [1.54, 1.807) is 0 Å². The first-order valence-electron chi connectivity index (χ1n) is 8.33. The summed E-state index contributed by atoms with van der Waals surface area (Å²) in [5.41, 5.74) is 12.7. The van der Waals surface area contributed by atoms with E-state index in [-0.39, 0.29) is 31.2 Å². The van der Waals surface area contributed by atoms with E-state index < -0.39 is 5.97 Å². The number of nitrogens with two attached hydrogens (primary N) is 1. The van der Waals surface area contributed by atoms with Crippen LogP contribution in [0.5, 0.6) is 0 Å². The summed E-state index contributed by atoms with van der Waals surface area (Å²) >= 11 is 0. The van der Waals surface area contributed by atoms with Crippen LogP contribution in [0, 0.1) is 19.8 Å². The van der Waals surface area contributed by atoms with Crippen molar-refractivity contribution in [2.24, 2.45) is 11.7 Å². The van der Waals surface area contributed by atoms with Crippen LogP contribution in [0.4, 0.5) is 0 Å². The quantitative estimate of drug-likeness (QED) is 0.750. The van der Waals surface area contributed by atoms with Gasteiger partial charge in [0.15, 0.2) is 0 Å². The first kappa shape index (κ1) is 24.4. The van der Waals surface area contributed by atoms with Crippen molar-refractivity contribution in [2.75, 3.05) is 0 Å². The van der Waals surface area contributed by atoms with E-state index in [9.17, 15) is 9.90 Å². The van der Waals surface area contributed by atoms with Crippen LogP contribution in [0.3, 0.4) is 0 Å². The highest BCUT2D eigenvalue weighted by molar-refractivity contribution is 5.85. The summed E-state index contributed by atoms with van der Waals surface area (Å²) in [6.45, 7) is 8.57. The largest absolute Gasteiger partial charge is 0.481 e. The molecular weight excluding hydrogens is 371 g/mol. The van der Waals surface area contributed by atoms with Crippen molar-refractivity contribution in [3.63, 3.8) is 0 Å². The molecule has 1 aromatic heterocycles. The Morgan fingerprint density at radius 2 is 1.69 bits per heavy atom. The molecule has 1 aromatic carbocycles. The van der Waals surface area contributed by atoms with Gasteiger partial charge in [0.1, 0.15) is 0 Å². The number of carboxylic acid groups (broad SMARTS) is 1. The lowest BCUT2D eigenvalue weighted by Gasteiger charge is -2.20. The van der Waals surface area contributed by atoms with Crippen LogP contribution in [-0.2, 0) is 24.2 Å². The van der Waals surface area contributed by atoms with E-state index in [2.05, 4.69) is 13.8 Å². The SMILES string of the molecule is Cc1ccc(-c2c(CC(=O)O)c(C)nc(CC(C)C)c2CN)cc1.Cl.Cl. The molecule has 2 rings (SSSR count). The average Bonchev–Trinajstić information content (AvgIpc) is 2.49. The molecule has 0 saturated heterocycles. The zero-order chi connectivity index (χ0) is 17.9. The van der Waals surface area contributed by atoms with Crippen molar-refractivity contribution in [3.05, 3.63) is 52.3 Å². The molecule has 6 heteroatoms. The Balaban J connectivity index is 0.00000312. The lowest BCUT2D eigenvalue weighted by molar-refractivity contribution is -0.136. The number of pyridine rings is 1. The van der Waals surface area contributed by atoms with Crippen molar-refractivity contribution in [2.45, 2.75) is 47.1 Å². The van der Waals surface area contributed by atoms with Crippen LogP contribution >= 0.6 is 24.8 Å². The van der Waals surface area contributed by atoms with E-state index in [1.165, 1.54) is 5.56 Å². The second-order valence-electron chi connectivity index (χ2n) is 6.71. The number of aromatic nitrogens is 1. The Bertz CT molecular complexity index is 744. The van der Waals surface area contributed by atoms with E-state index >= 15 is 0 Å². The second kappa shape index (κ2) is 10.5. The minimum absolute atomic E-state index is 0. The van der Waals surface area contributed by atoms with Crippen molar-refractivity contribution in [3.8, 4) is 11.1 Å². The summed E-state index contributed by atoms with van der Waals surface area (Å²) in [5, 5.41) is 9.33. The number of carbonyl (C=O) groups is 1. The molecule has 3 N–H and O–H groups in total. The Kier molecular flexibility index (Phi) is 9.85. The number of hydrogen-bond donors (Lipinski definition) is 2. The highest BCUT2D eigenvalue weighted by Crippen LogP contribution is 2.32. The van der Waals surface area contributed by atoms with Crippen molar-refractivity contribution >= 4 is 30.8 Å². The van der Waals surface area contributed by atoms with Crippen LogP contribution in [0.2, 0.25) is 0 Å². The summed E-state index contributed by atoms with van der Waals surface area (Å²) < 4.78 is 0. The first-order valence-corrected chi connectivity index (χ1v) is 8.33. The van der Waals surface area contributed by atoms with E-state index in [1.807, 2.05) is 38.1 Å². The fraction of sp³-hybridized carbons (Fsp3) is 0.400. The van der Waals surface area contributed by atoms with Gasteiger partial charge in [-0.05, 0) is 48.4 Å². The van der Waals surface area contributed by atoms with Gasteiger partial charge in [-0.25, -0.2) is 0 Å². The van der Waals surface area contributed by atoms with E-state index in [0.29, 0.717) is 12.5 Å². The van der Waals surface area contributed by atoms with Crippen molar-refractivity contribution in [1.29, 1.82) is 0 Å². The number of nitrogens with zero attached hydrogens (tertiary/aromatic N) is 1. The first-order chi connectivity index (χ1) is 11.3. The standard InChI is InChI=1S/C20H26N2O2.2ClH/c1-12(2)9-18-17(11-21)20(15-7-5-13(3)6-8-15)16(10-19(23)24)14(4)22-18;;/h5-8,12H,9-11,21H2,1-4H3,(H,23,24);2*1H. The topological polar surface area (TPSA) is 76.2 Å². The molecule has 0 radical (unpaired) electrons. The van der Waals surface area contributed by atoms with Gasteiger partial charge >= 0.3 is 5.97 Å². The molecule has 26 heavy (non-hydrogen) atoms. The number of halogens is 2. The van der Waals surface area contributed by atoms with Crippen LogP contribution in [0.15, 0.2) is 24.3 Å². The normalized spacial score (nSPS) is 10.2. The Hall–Kier alpha value is -1.62. The molecule has 2 aromatic rings. The van der Waals surface area contributed by atoms with Gasteiger partial charge in [-0.15, -0.1) is 24.8 Å². The van der Waals surface area contributed by atoms with Gasteiger partial charge in [0.05, 0.1) is 6.42 Å². The zero-order valence-electron chi connectivity index (χ0n) is 15.7. The maximum atomic E-state index is 11.4. The highest BCUT2D eigenvalue weighted by Gasteiger charge is 2.20. The Labute approximate surface area is 168 Å². The molecule has 0 unspecified atom stereocenters. The molecular formula is C20H28Cl2N2O2. The third kappa shape index (κ3) is 5.70. The molecule has 0 aliphatic rings.